The summed E-state index contributed by atoms with van der Waals surface area (Å²) in [4.78, 5) is 20.7. The molecule has 0 saturated carbocycles. The number of aromatic amines is 1. The van der Waals surface area contributed by atoms with Gasteiger partial charge in [-0.2, -0.15) is 0 Å². The Morgan fingerprint density at radius 3 is 2.54 bits per heavy atom. The summed E-state index contributed by atoms with van der Waals surface area (Å²) in [6.07, 6.45) is 1.43. The number of carbonyl (C=O) groups excluding carboxylic acids is 1. The molecule has 1 amide bonds. The molecule has 2 aromatic heterocycles. The number of fused-ring (bicyclic) bond motifs is 1. The average molecular weight is 352 g/mol. The summed E-state index contributed by atoms with van der Waals surface area (Å²) in [5.41, 5.74) is 4.31. The van der Waals surface area contributed by atoms with Crippen LogP contribution in [-0.4, -0.2) is 20.4 Å². The Morgan fingerprint density at radius 1 is 1.19 bits per heavy atom. The molecule has 0 aliphatic rings. The SMILES string of the molecule is CC[C@H](C)[C@H](NC(=O)CCn1c(C)ccc1C)c1nc2ccccc2[nH]1. The number of nitrogens with one attached hydrogen (secondary N) is 2. The molecular formula is C21H28N4O. The lowest BCUT2D eigenvalue weighted by Crippen LogP contribution is -2.33. The summed E-state index contributed by atoms with van der Waals surface area (Å²) < 4.78 is 2.18. The van der Waals surface area contributed by atoms with Crippen molar-refractivity contribution in [3.05, 3.63) is 53.6 Å². The van der Waals surface area contributed by atoms with Gasteiger partial charge in [0.05, 0.1) is 17.1 Å². The van der Waals surface area contributed by atoms with E-state index >= 15 is 0 Å². The van der Waals surface area contributed by atoms with Crippen LogP contribution in [0.15, 0.2) is 36.4 Å². The Balaban J connectivity index is 1.73. The summed E-state index contributed by atoms with van der Waals surface area (Å²) in [6.45, 7) is 9.13. The smallest absolute Gasteiger partial charge is 0.222 e. The van der Waals surface area contributed by atoms with Crippen molar-refractivity contribution < 1.29 is 4.79 Å². The van der Waals surface area contributed by atoms with Gasteiger partial charge >= 0.3 is 0 Å². The Kier molecular flexibility index (Phi) is 5.45. The number of imidazole rings is 1. The van der Waals surface area contributed by atoms with Crippen LogP contribution in [-0.2, 0) is 11.3 Å². The number of rotatable bonds is 7. The lowest BCUT2D eigenvalue weighted by Gasteiger charge is -2.22. The maximum Gasteiger partial charge on any atom is 0.222 e. The van der Waals surface area contributed by atoms with Crippen LogP contribution in [0.2, 0.25) is 0 Å². The van der Waals surface area contributed by atoms with E-state index in [2.05, 4.69) is 54.7 Å². The molecule has 0 aliphatic heterocycles. The molecule has 0 saturated heterocycles. The topological polar surface area (TPSA) is 62.7 Å². The number of benzene rings is 1. The van der Waals surface area contributed by atoms with E-state index in [-0.39, 0.29) is 11.9 Å². The highest BCUT2D eigenvalue weighted by Crippen LogP contribution is 2.24. The lowest BCUT2D eigenvalue weighted by atomic mass is 9.98. The summed E-state index contributed by atoms with van der Waals surface area (Å²) in [7, 11) is 0. The quantitative estimate of drug-likeness (QED) is 0.667. The second-order valence-corrected chi connectivity index (χ2v) is 7.09. The van der Waals surface area contributed by atoms with E-state index in [1.165, 1.54) is 11.4 Å². The monoisotopic (exact) mass is 352 g/mol. The predicted molar refractivity (Wildman–Crippen MR) is 105 cm³/mol. The molecule has 0 unspecified atom stereocenters. The van der Waals surface area contributed by atoms with Crippen molar-refractivity contribution in [3.8, 4) is 0 Å². The second kappa shape index (κ2) is 7.77. The largest absolute Gasteiger partial charge is 0.349 e. The molecule has 0 spiro atoms. The Hall–Kier alpha value is -2.56. The Morgan fingerprint density at radius 2 is 1.88 bits per heavy atom. The summed E-state index contributed by atoms with van der Waals surface area (Å²) >= 11 is 0. The maximum atomic E-state index is 12.6. The fourth-order valence-electron chi connectivity index (χ4n) is 3.35. The number of aromatic nitrogens is 3. The van der Waals surface area contributed by atoms with Crippen molar-refractivity contribution >= 4 is 16.9 Å². The van der Waals surface area contributed by atoms with E-state index in [9.17, 15) is 4.79 Å². The average Bonchev–Trinajstić information content (AvgIpc) is 3.20. The van der Waals surface area contributed by atoms with E-state index in [0.29, 0.717) is 18.9 Å². The van der Waals surface area contributed by atoms with E-state index in [4.69, 9.17) is 4.98 Å². The van der Waals surface area contributed by atoms with Crippen molar-refractivity contribution in [2.75, 3.05) is 0 Å². The molecule has 3 aromatic rings. The molecule has 5 nitrogen and oxygen atoms in total. The molecule has 0 radical (unpaired) electrons. The Bertz CT molecular complexity index is 840. The van der Waals surface area contributed by atoms with Gasteiger partial charge in [0.1, 0.15) is 5.82 Å². The molecular weight excluding hydrogens is 324 g/mol. The van der Waals surface area contributed by atoms with E-state index in [1.807, 2.05) is 24.3 Å². The molecule has 0 aliphatic carbocycles. The van der Waals surface area contributed by atoms with Crippen molar-refractivity contribution in [2.45, 2.75) is 53.1 Å². The number of nitrogens with zero attached hydrogens (tertiary/aromatic N) is 2. The van der Waals surface area contributed by atoms with Gasteiger partial charge in [-0.15, -0.1) is 0 Å². The first-order valence-electron chi connectivity index (χ1n) is 9.36. The minimum absolute atomic E-state index is 0.0586. The second-order valence-electron chi connectivity index (χ2n) is 7.09. The van der Waals surface area contributed by atoms with Gasteiger partial charge in [0.2, 0.25) is 5.91 Å². The molecule has 0 bridgehead atoms. The summed E-state index contributed by atoms with van der Waals surface area (Å²) in [6, 6.07) is 12.0. The lowest BCUT2D eigenvalue weighted by molar-refractivity contribution is -0.122. The van der Waals surface area contributed by atoms with Gasteiger partial charge in [-0.3, -0.25) is 4.79 Å². The Labute approximate surface area is 154 Å². The van der Waals surface area contributed by atoms with Gasteiger partial charge in [0, 0.05) is 24.4 Å². The first kappa shape index (κ1) is 18.2. The first-order valence-corrected chi connectivity index (χ1v) is 9.36. The van der Waals surface area contributed by atoms with E-state index in [0.717, 1.165) is 23.3 Å². The van der Waals surface area contributed by atoms with Gasteiger partial charge in [-0.1, -0.05) is 32.4 Å². The van der Waals surface area contributed by atoms with Crippen LogP contribution in [0.1, 0.15) is 49.9 Å². The zero-order valence-electron chi connectivity index (χ0n) is 16.0. The number of para-hydroxylation sites is 2. The third-order valence-corrected chi connectivity index (χ3v) is 5.21. The number of amides is 1. The van der Waals surface area contributed by atoms with Crippen LogP contribution in [0.3, 0.4) is 0 Å². The number of hydrogen-bond donors (Lipinski definition) is 2. The van der Waals surface area contributed by atoms with Crippen LogP contribution in [0.4, 0.5) is 0 Å². The van der Waals surface area contributed by atoms with Crippen molar-refractivity contribution in [1.82, 2.24) is 19.9 Å². The number of carbonyl (C=O) groups is 1. The zero-order valence-corrected chi connectivity index (χ0v) is 16.0. The van der Waals surface area contributed by atoms with Gasteiger partial charge in [0.25, 0.3) is 0 Å². The van der Waals surface area contributed by atoms with Gasteiger partial charge in [-0.05, 0) is 44.0 Å². The van der Waals surface area contributed by atoms with Crippen molar-refractivity contribution in [2.24, 2.45) is 5.92 Å². The molecule has 26 heavy (non-hydrogen) atoms. The highest BCUT2D eigenvalue weighted by Gasteiger charge is 2.23. The van der Waals surface area contributed by atoms with Crippen LogP contribution in [0, 0.1) is 19.8 Å². The van der Waals surface area contributed by atoms with E-state index < -0.39 is 0 Å². The minimum Gasteiger partial charge on any atom is -0.349 e. The minimum atomic E-state index is -0.105. The van der Waals surface area contributed by atoms with Crippen LogP contribution >= 0.6 is 0 Å². The van der Waals surface area contributed by atoms with Gasteiger partial charge in [0.15, 0.2) is 0 Å². The summed E-state index contributed by atoms with van der Waals surface area (Å²) in [5, 5.41) is 3.20. The first-order chi connectivity index (χ1) is 12.5. The third kappa shape index (κ3) is 3.82. The summed E-state index contributed by atoms with van der Waals surface area (Å²) in [5.74, 6) is 1.19. The maximum absolute atomic E-state index is 12.6. The molecule has 138 valence electrons. The zero-order chi connectivity index (χ0) is 18.7. The predicted octanol–water partition coefficient (Wildman–Crippen LogP) is 4.27. The molecule has 1 aromatic carbocycles. The van der Waals surface area contributed by atoms with Crippen molar-refractivity contribution in [3.63, 3.8) is 0 Å². The molecule has 5 heteroatoms. The van der Waals surface area contributed by atoms with Gasteiger partial charge in [-0.25, -0.2) is 4.98 Å². The molecule has 2 heterocycles. The molecule has 3 rings (SSSR count). The molecule has 2 atom stereocenters. The number of aryl methyl sites for hydroxylation is 2. The fourth-order valence-corrected chi connectivity index (χ4v) is 3.35. The fraction of sp³-hybridized carbons (Fsp3) is 0.429. The van der Waals surface area contributed by atoms with Crippen molar-refractivity contribution in [1.29, 1.82) is 0 Å². The standard InChI is InChI=1S/C21H28N4O/c1-5-14(2)20(21-22-17-8-6-7-9-18(17)23-21)24-19(26)12-13-25-15(3)10-11-16(25)4/h6-11,14,20H,5,12-13H2,1-4H3,(H,22,23)(H,24,26)/t14-,20-/m0/s1. The van der Waals surface area contributed by atoms with Crippen LogP contribution < -0.4 is 5.32 Å². The molecule has 0 fully saturated rings. The van der Waals surface area contributed by atoms with Gasteiger partial charge < -0.3 is 14.9 Å². The van der Waals surface area contributed by atoms with E-state index in [1.54, 1.807) is 0 Å². The molecule has 2 N–H and O–H groups in total. The highest BCUT2D eigenvalue weighted by atomic mass is 16.1. The third-order valence-electron chi connectivity index (χ3n) is 5.21. The van der Waals surface area contributed by atoms with Crippen LogP contribution in [0.5, 0.6) is 0 Å². The number of H-pyrrole nitrogens is 1. The normalized spacial score (nSPS) is 13.7. The highest BCUT2D eigenvalue weighted by molar-refractivity contribution is 5.77. The number of hydrogen-bond acceptors (Lipinski definition) is 2. The van der Waals surface area contributed by atoms with Crippen LogP contribution in [0.25, 0.3) is 11.0 Å².